The van der Waals surface area contributed by atoms with Crippen LogP contribution < -0.4 is 10.5 Å². The lowest BCUT2D eigenvalue weighted by Crippen LogP contribution is -2.43. The first kappa shape index (κ1) is 13.4. The van der Waals surface area contributed by atoms with E-state index in [0.29, 0.717) is 19.3 Å². The van der Waals surface area contributed by atoms with Gasteiger partial charge in [0.15, 0.2) is 0 Å². The molecule has 1 saturated carbocycles. The molecule has 0 aromatic carbocycles. The second-order valence-corrected chi connectivity index (χ2v) is 6.21. The number of carbonyl (C=O) groups is 1. The van der Waals surface area contributed by atoms with Crippen LogP contribution in [0.2, 0.25) is 0 Å². The zero-order valence-corrected chi connectivity index (χ0v) is 10.4. The number of rotatable bonds is 6. The number of primary amides is 1. The minimum absolute atomic E-state index is 0.130. The van der Waals surface area contributed by atoms with E-state index in [2.05, 4.69) is 4.72 Å². The molecule has 16 heavy (non-hydrogen) atoms. The maximum absolute atomic E-state index is 11.7. The van der Waals surface area contributed by atoms with E-state index in [1.54, 1.807) is 0 Å². The molecule has 3 N–H and O–H groups in total. The highest BCUT2D eigenvalue weighted by Crippen LogP contribution is 2.25. The monoisotopic (exact) mass is 248 g/mol. The van der Waals surface area contributed by atoms with Crippen molar-refractivity contribution in [3.8, 4) is 0 Å². The predicted octanol–water partition coefficient (Wildman–Crippen LogP) is 0.360. The molecule has 1 rings (SSSR count). The molecule has 1 amide bonds. The molecule has 94 valence electrons. The van der Waals surface area contributed by atoms with Crippen molar-refractivity contribution >= 4 is 15.9 Å². The van der Waals surface area contributed by atoms with Gasteiger partial charge in [-0.15, -0.1) is 0 Å². The van der Waals surface area contributed by atoms with Gasteiger partial charge in [0, 0.05) is 6.04 Å². The van der Waals surface area contributed by atoms with E-state index < -0.39 is 15.9 Å². The highest BCUT2D eigenvalue weighted by atomic mass is 32.2. The average Bonchev–Trinajstić information content (AvgIpc) is 2.62. The van der Waals surface area contributed by atoms with Crippen LogP contribution in [0, 0.1) is 5.92 Å². The zero-order chi connectivity index (χ0) is 12.2. The van der Waals surface area contributed by atoms with Gasteiger partial charge in [0.2, 0.25) is 15.9 Å². The fraction of sp³-hybridized carbons (Fsp3) is 0.900. The zero-order valence-electron chi connectivity index (χ0n) is 9.61. The lowest BCUT2D eigenvalue weighted by Gasteiger charge is -2.18. The molecule has 5 nitrogen and oxygen atoms in total. The second kappa shape index (κ2) is 5.63. The Bertz CT molecular complexity index is 340. The van der Waals surface area contributed by atoms with E-state index in [4.69, 9.17) is 5.73 Å². The maximum Gasteiger partial charge on any atom is 0.222 e. The van der Waals surface area contributed by atoms with Crippen molar-refractivity contribution in [2.24, 2.45) is 11.7 Å². The van der Waals surface area contributed by atoms with Crippen molar-refractivity contribution in [2.75, 3.05) is 5.75 Å². The molecule has 0 saturated heterocycles. The summed E-state index contributed by atoms with van der Waals surface area (Å²) in [5, 5.41) is 0. The molecule has 0 bridgehead atoms. The van der Waals surface area contributed by atoms with E-state index in [1.807, 2.05) is 6.92 Å². The maximum atomic E-state index is 11.7. The molecule has 0 unspecified atom stereocenters. The molecule has 6 heteroatoms. The predicted molar refractivity (Wildman–Crippen MR) is 62.2 cm³/mol. The summed E-state index contributed by atoms with van der Waals surface area (Å²) in [5.74, 6) is -0.608. The highest BCUT2D eigenvalue weighted by molar-refractivity contribution is 7.89. The van der Waals surface area contributed by atoms with Gasteiger partial charge in [-0.1, -0.05) is 19.8 Å². The van der Waals surface area contributed by atoms with Crippen molar-refractivity contribution in [2.45, 2.75) is 45.1 Å². The van der Waals surface area contributed by atoms with Gasteiger partial charge >= 0.3 is 0 Å². The average molecular weight is 248 g/mol. The van der Waals surface area contributed by atoms with E-state index in [1.165, 1.54) is 0 Å². The lowest BCUT2D eigenvalue weighted by atomic mass is 10.0. The summed E-state index contributed by atoms with van der Waals surface area (Å²) < 4.78 is 25.9. The first-order valence-electron chi connectivity index (χ1n) is 5.75. The lowest BCUT2D eigenvalue weighted by molar-refractivity contribution is -0.122. The molecule has 1 aliphatic carbocycles. The molecule has 0 radical (unpaired) electrons. The Morgan fingerprint density at radius 1 is 1.44 bits per heavy atom. The largest absolute Gasteiger partial charge is 0.369 e. The third-order valence-corrected chi connectivity index (χ3v) is 4.47. The van der Waals surface area contributed by atoms with Crippen LogP contribution in [0.15, 0.2) is 0 Å². The quantitative estimate of drug-likeness (QED) is 0.711. The number of nitrogens with two attached hydrogens (primary N) is 1. The Hall–Kier alpha value is -0.620. The highest BCUT2D eigenvalue weighted by Gasteiger charge is 2.33. The molecule has 1 aliphatic rings. The van der Waals surface area contributed by atoms with Crippen LogP contribution in [0.1, 0.15) is 39.0 Å². The second-order valence-electron chi connectivity index (χ2n) is 4.34. The minimum atomic E-state index is -3.25. The van der Waals surface area contributed by atoms with Crippen LogP contribution in [-0.4, -0.2) is 26.1 Å². The number of unbranched alkanes of at least 4 members (excludes halogenated alkanes) is 1. The SMILES string of the molecule is CCCCS(=O)(=O)N[C@H]1CCC[C@@H]1C(N)=O. The van der Waals surface area contributed by atoms with Crippen LogP contribution in [-0.2, 0) is 14.8 Å². The van der Waals surface area contributed by atoms with Crippen LogP contribution in [0.25, 0.3) is 0 Å². The summed E-state index contributed by atoms with van der Waals surface area (Å²) in [6.07, 6.45) is 3.73. The number of carbonyl (C=O) groups excluding carboxylic acids is 1. The number of nitrogens with one attached hydrogen (secondary N) is 1. The van der Waals surface area contributed by atoms with Gasteiger partial charge in [-0.2, -0.15) is 0 Å². The summed E-state index contributed by atoms with van der Waals surface area (Å²) in [7, 11) is -3.25. The molecule has 0 heterocycles. The Kier molecular flexibility index (Phi) is 4.73. The van der Waals surface area contributed by atoms with Gasteiger partial charge in [0.25, 0.3) is 0 Å². The van der Waals surface area contributed by atoms with Crippen molar-refractivity contribution in [3.63, 3.8) is 0 Å². The number of hydrogen-bond acceptors (Lipinski definition) is 3. The Balaban J connectivity index is 2.56. The summed E-state index contributed by atoms with van der Waals surface area (Å²) >= 11 is 0. The normalized spacial score (nSPS) is 25.8. The summed E-state index contributed by atoms with van der Waals surface area (Å²) in [4.78, 5) is 11.1. The van der Waals surface area contributed by atoms with Gasteiger partial charge < -0.3 is 5.73 Å². The Morgan fingerprint density at radius 3 is 2.69 bits per heavy atom. The van der Waals surface area contributed by atoms with Crippen LogP contribution >= 0.6 is 0 Å². The standard InChI is InChI=1S/C10H20N2O3S/c1-2-3-7-16(14,15)12-9-6-4-5-8(9)10(11)13/h8-9,12H,2-7H2,1H3,(H2,11,13)/t8-,9-/m0/s1. The Morgan fingerprint density at radius 2 is 2.12 bits per heavy atom. The molecular weight excluding hydrogens is 228 g/mol. The summed E-state index contributed by atoms with van der Waals surface area (Å²) in [6.45, 7) is 1.94. The first-order valence-corrected chi connectivity index (χ1v) is 7.41. The molecule has 0 aromatic rings. The molecule has 2 atom stereocenters. The van der Waals surface area contributed by atoms with E-state index in [9.17, 15) is 13.2 Å². The molecule has 0 aliphatic heterocycles. The molecular formula is C10H20N2O3S. The van der Waals surface area contributed by atoms with Crippen molar-refractivity contribution < 1.29 is 13.2 Å². The Labute approximate surface area is 96.8 Å². The van der Waals surface area contributed by atoms with Crippen LogP contribution in [0.4, 0.5) is 0 Å². The summed E-state index contributed by atoms with van der Waals surface area (Å²) in [6, 6.07) is -0.292. The van der Waals surface area contributed by atoms with Gasteiger partial charge in [0.05, 0.1) is 11.7 Å². The summed E-state index contributed by atoms with van der Waals surface area (Å²) in [5.41, 5.74) is 5.23. The van der Waals surface area contributed by atoms with Crippen molar-refractivity contribution in [3.05, 3.63) is 0 Å². The van der Waals surface area contributed by atoms with Gasteiger partial charge in [-0.25, -0.2) is 13.1 Å². The third-order valence-electron chi connectivity index (χ3n) is 2.98. The smallest absolute Gasteiger partial charge is 0.222 e. The molecule has 0 aromatic heterocycles. The van der Waals surface area contributed by atoms with Gasteiger partial charge in [-0.05, 0) is 19.3 Å². The fourth-order valence-electron chi connectivity index (χ4n) is 2.07. The topological polar surface area (TPSA) is 89.3 Å². The fourth-order valence-corrected chi connectivity index (χ4v) is 3.60. The first-order chi connectivity index (χ1) is 7.46. The van der Waals surface area contributed by atoms with Crippen LogP contribution in [0.3, 0.4) is 0 Å². The third kappa shape index (κ3) is 3.75. The van der Waals surface area contributed by atoms with Crippen molar-refractivity contribution in [1.82, 2.24) is 4.72 Å². The minimum Gasteiger partial charge on any atom is -0.369 e. The molecule has 0 spiro atoms. The van der Waals surface area contributed by atoms with E-state index in [0.717, 1.165) is 12.8 Å². The van der Waals surface area contributed by atoms with E-state index in [-0.39, 0.29) is 17.7 Å². The number of amides is 1. The molecule has 1 fully saturated rings. The van der Waals surface area contributed by atoms with Gasteiger partial charge in [0.1, 0.15) is 0 Å². The van der Waals surface area contributed by atoms with Gasteiger partial charge in [-0.3, -0.25) is 4.79 Å². The number of sulfonamides is 1. The van der Waals surface area contributed by atoms with Crippen molar-refractivity contribution in [1.29, 1.82) is 0 Å². The van der Waals surface area contributed by atoms with Crippen LogP contribution in [0.5, 0.6) is 0 Å². The van der Waals surface area contributed by atoms with E-state index >= 15 is 0 Å². The number of hydrogen-bond donors (Lipinski definition) is 2.